The van der Waals surface area contributed by atoms with Gasteiger partial charge in [-0.05, 0) is 110 Å². The van der Waals surface area contributed by atoms with Crippen LogP contribution in [0.4, 0.5) is 0 Å². The van der Waals surface area contributed by atoms with Crippen LogP contribution in [0.5, 0.6) is 0 Å². The van der Waals surface area contributed by atoms with Crippen molar-refractivity contribution in [3.63, 3.8) is 0 Å². The molecule has 11 aromatic carbocycles. The lowest BCUT2D eigenvalue weighted by Crippen LogP contribution is -1.88. The summed E-state index contributed by atoms with van der Waals surface area (Å²) in [5.41, 5.74) is -3.79. The molecule has 12 rings (SSSR count). The second kappa shape index (κ2) is 9.13. The Morgan fingerprint density at radius 3 is 1.53 bits per heavy atom. The fourth-order valence-electron chi connectivity index (χ4n) is 6.91. The molecule has 1 aromatic heterocycles. The first kappa shape index (κ1) is 11.6. The van der Waals surface area contributed by atoms with E-state index in [2.05, 4.69) is 0 Å². The van der Waals surface area contributed by atoms with Gasteiger partial charge in [0.2, 0.25) is 0 Å². The van der Waals surface area contributed by atoms with Gasteiger partial charge >= 0.3 is 0 Å². The normalized spacial score (nSPS) is 19.9. The topological polar surface area (TPSA) is 13.1 Å². The van der Waals surface area contributed by atoms with Gasteiger partial charge in [0.15, 0.2) is 0 Å². The van der Waals surface area contributed by atoms with E-state index in [4.69, 9.17) is 22.2 Å². The zero-order chi connectivity index (χ0) is 54.4. The molecule has 0 saturated heterocycles. The molecule has 0 fully saturated rings. The first-order chi connectivity index (χ1) is 35.2. The van der Waals surface area contributed by atoms with Crippen molar-refractivity contribution >= 4 is 97.3 Å². The molecular weight excluding hydrogens is 593 g/mol. The average Bonchev–Trinajstić information content (AvgIpc) is 3.84. The Labute approximate surface area is 317 Å². The van der Waals surface area contributed by atoms with Gasteiger partial charge in [-0.15, -0.1) is 0 Å². The summed E-state index contributed by atoms with van der Waals surface area (Å²) in [4.78, 5) is 0. The summed E-state index contributed by atoms with van der Waals surface area (Å²) < 4.78 is 244. The fourth-order valence-corrected chi connectivity index (χ4v) is 6.91. The van der Waals surface area contributed by atoms with E-state index in [-0.39, 0.29) is 32.3 Å². The Hall–Kier alpha value is -6.44. The Balaban J connectivity index is 1.35. The zero-order valence-electron chi connectivity index (χ0n) is 50.4. The van der Waals surface area contributed by atoms with Crippen LogP contribution in [0, 0.1) is 0 Å². The molecule has 1 nitrogen and oxygen atoms in total. The molecule has 49 heavy (non-hydrogen) atoms. The molecule has 0 unspecified atom stereocenters. The van der Waals surface area contributed by atoms with Crippen LogP contribution >= 0.6 is 0 Å². The molecule has 0 saturated carbocycles. The molecule has 224 valence electrons. The smallest absolute Gasteiger partial charge is 0.143 e. The van der Waals surface area contributed by atoms with E-state index in [9.17, 15) is 17.8 Å². The number of fused-ring (bicyclic) bond motifs is 5. The Kier molecular flexibility index (Phi) is 2.16. The summed E-state index contributed by atoms with van der Waals surface area (Å²) in [7, 11) is 0. The third-order valence-corrected chi connectivity index (χ3v) is 9.00. The molecule has 0 bridgehead atoms. The van der Waals surface area contributed by atoms with E-state index in [1.165, 1.54) is 0 Å². The lowest BCUT2D eigenvalue weighted by Gasteiger charge is -2.15. The van der Waals surface area contributed by atoms with Crippen molar-refractivity contribution in [1.82, 2.24) is 0 Å². The molecule has 12 aromatic rings. The Morgan fingerprint density at radius 1 is 0.327 bits per heavy atom. The molecule has 1 heterocycles. The van der Waals surface area contributed by atoms with Crippen molar-refractivity contribution in [2.24, 2.45) is 0 Å². The molecule has 0 N–H and O–H groups in total. The maximum absolute atomic E-state index is 10.0. The van der Waals surface area contributed by atoms with Crippen LogP contribution in [-0.2, 0) is 0 Å². The summed E-state index contributed by atoms with van der Waals surface area (Å²) in [5.74, 6) is 0. The number of hydrogen-bond acceptors (Lipinski definition) is 1. The highest BCUT2D eigenvalue weighted by atomic mass is 16.3. The van der Waals surface area contributed by atoms with E-state index in [1.807, 2.05) is 0 Å². The lowest BCUT2D eigenvalue weighted by atomic mass is 9.88. The van der Waals surface area contributed by atoms with E-state index in [0.717, 1.165) is 0 Å². The predicted molar refractivity (Wildman–Crippen MR) is 210 cm³/mol. The Bertz CT molecular complexity index is 4780. The van der Waals surface area contributed by atoms with Crippen molar-refractivity contribution in [3.05, 3.63) is 157 Å². The van der Waals surface area contributed by atoms with Gasteiger partial charge in [0.05, 0.1) is 35.6 Å². The van der Waals surface area contributed by atoms with Gasteiger partial charge in [0.25, 0.3) is 0 Å². The molecular formula is C48H26O. The minimum Gasteiger partial charge on any atom is -0.455 e. The quantitative estimate of drug-likeness (QED) is 0.171. The van der Waals surface area contributed by atoms with Gasteiger partial charge in [-0.25, -0.2) is 0 Å². The third kappa shape index (κ3) is 3.34. The van der Waals surface area contributed by atoms with Gasteiger partial charge in [-0.3, -0.25) is 0 Å². The molecule has 0 aliphatic carbocycles. The highest BCUT2D eigenvalue weighted by Crippen LogP contribution is 2.46. The standard InChI is InChI=1S/C48H26O/c1-2-10-36-33(5-1)25-40(37-21-16-32-14-12-28-7-4-9-30-18-23-39(37)46(32)44(28)30)48-47(36)41-26-34(19-24-42(41)49-48)35-20-15-31-13-11-27-6-3-8-29-17-22-38(35)45(31)43(27)29/h1-26H/i1D,2D,3D,4D,5D,6D,7D,8D,9D,10D,11D,12D,13D,14D,15D,16D,17D,18D,19D,20D,21D,22D,23D,24D,25D,26D. The van der Waals surface area contributed by atoms with Gasteiger partial charge in [-0.2, -0.15) is 0 Å². The van der Waals surface area contributed by atoms with Crippen LogP contribution in [-0.4, -0.2) is 0 Å². The lowest BCUT2D eigenvalue weighted by molar-refractivity contribution is 0.670. The Morgan fingerprint density at radius 2 is 0.857 bits per heavy atom. The minimum absolute atomic E-state index is 0.247. The van der Waals surface area contributed by atoms with Gasteiger partial charge in [0, 0.05) is 16.3 Å². The minimum atomic E-state index is -0.910. The van der Waals surface area contributed by atoms with E-state index >= 15 is 0 Å². The molecule has 0 amide bonds. The van der Waals surface area contributed by atoms with E-state index in [1.54, 1.807) is 0 Å². The van der Waals surface area contributed by atoms with Crippen molar-refractivity contribution in [3.8, 4) is 22.3 Å². The van der Waals surface area contributed by atoms with Gasteiger partial charge < -0.3 is 4.42 Å². The van der Waals surface area contributed by atoms with Crippen LogP contribution in [0.15, 0.2) is 162 Å². The third-order valence-electron chi connectivity index (χ3n) is 9.00. The first-order valence-corrected chi connectivity index (χ1v) is 14.9. The number of rotatable bonds is 2. The highest BCUT2D eigenvalue weighted by Gasteiger charge is 2.20. The maximum atomic E-state index is 10.0. The molecule has 0 spiro atoms. The van der Waals surface area contributed by atoms with Crippen LogP contribution in [0.1, 0.15) is 35.6 Å². The summed E-state index contributed by atoms with van der Waals surface area (Å²) in [6, 6.07) is -20.2. The first-order valence-electron chi connectivity index (χ1n) is 27.9. The number of furan rings is 1. The summed E-state index contributed by atoms with van der Waals surface area (Å²) in [6.07, 6.45) is 0. The maximum Gasteiger partial charge on any atom is 0.143 e. The molecule has 0 aliphatic heterocycles. The molecule has 0 atom stereocenters. The van der Waals surface area contributed by atoms with Crippen molar-refractivity contribution in [2.75, 3.05) is 0 Å². The van der Waals surface area contributed by atoms with Crippen LogP contribution in [0.25, 0.3) is 120 Å². The van der Waals surface area contributed by atoms with Gasteiger partial charge in [-0.1, -0.05) is 139 Å². The van der Waals surface area contributed by atoms with Crippen LogP contribution in [0.2, 0.25) is 0 Å². The predicted octanol–water partition coefficient (Wildman–Crippen LogP) is 13.9. The van der Waals surface area contributed by atoms with Gasteiger partial charge in [0.1, 0.15) is 11.2 Å². The summed E-state index contributed by atoms with van der Waals surface area (Å²) in [5, 5.41) is -6.52. The fraction of sp³-hybridized carbons (Fsp3) is 0. The van der Waals surface area contributed by atoms with Crippen LogP contribution < -0.4 is 0 Å². The summed E-state index contributed by atoms with van der Waals surface area (Å²) >= 11 is 0. The monoisotopic (exact) mass is 644 g/mol. The zero-order valence-corrected chi connectivity index (χ0v) is 24.4. The molecule has 0 aliphatic rings. The van der Waals surface area contributed by atoms with E-state index < -0.39 is 244 Å². The van der Waals surface area contributed by atoms with Crippen LogP contribution in [0.3, 0.4) is 0 Å². The number of benzene rings is 11. The average molecular weight is 645 g/mol. The van der Waals surface area contributed by atoms with E-state index in [0.29, 0.717) is 0 Å². The molecule has 1 heteroatoms. The molecule has 0 radical (unpaired) electrons. The largest absolute Gasteiger partial charge is 0.455 e. The number of hydrogen-bond donors (Lipinski definition) is 0. The second-order valence-corrected chi connectivity index (χ2v) is 11.5. The SMILES string of the molecule is [2H]c1c(-c2c([2H])c([2H])c3c([2H])c([2H])c4c([2H])c([2H])c([2H])c5c([2H])c([2H])c2c3c45)c([2H])c2c(oc3c(-c4c([2H])c([2H])c5c([2H])c([2H])c6c([2H])c([2H])c([2H])c7c([2H])c([2H])c4c5c67)c([2H])c4c([2H])c([2H])c([2H])c([2H])c4c32)c1[2H]. The second-order valence-electron chi connectivity index (χ2n) is 11.5. The van der Waals surface area contributed by atoms with Crippen molar-refractivity contribution in [2.45, 2.75) is 0 Å². The van der Waals surface area contributed by atoms with Crippen molar-refractivity contribution < 1.29 is 40.1 Å². The highest BCUT2D eigenvalue weighted by molar-refractivity contribution is 6.29. The summed E-state index contributed by atoms with van der Waals surface area (Å²) in [6.45, 7) is 0. The van der Waals surface area contributed by atoms with Crippen molar-refractivity contribution in [1.29, 1.82) is 0 Å².